The average Bonchev–Trinajstić information content (AvgIpc) is 1.98. The molecule has 0 saturated heterocycles. The van der Waals surface area contributed by atoms with Crippen molar-refractivity contribution >= 4 is 17.3 Å². The smallest absolute Gasteiger partial charge is 0.170 e. The van der Waals surface area contributed by atoms with Gasteiger partial charge in [-0.25, -0.2) is 0 Å². The molecule has 1 N–H and O–H groups in total. The number of rotatable bonds is 3. The molecule has 0 atom stereocenters. The van der Waals surface area contributed by atoms with Gasteiger partial charge in [0.05, 0.1) is 0 Å². The lowest BCUT2D eigenvalue weighted by Gasteiger charge is -2.24. The van der Waals surface area contributed by atoms with E-state index in [9.17, 15) is 0 Å². The molecule has 0 aliphatic rings. The van der Waals surface area contributed by atoms with Crippen LogP contribution in [0.15, 0.2) is 0 Å². The van der Waals surface area contributed by atoms with Gasteiger partial charge in [-0.15, -0.1) is 0 Å². The van der Waals surface area contributed by atoms with Gasteiger partial charge in [-0.1, -0.05) is 0 Å². The van der Waals surface area contributed by atoms with Crippen molar-refractivity contribution in [2.75, 3.05) is 41.3 Å². The minimum Gasteiger partial charge on any atom is -0.355 e. The van der Waals surface area contributed by atoms with E-state index in [4.69, 9.17) is 12.2 Å². The van der Waals surface area contributed by atoms with Gasteiger partial charge in [0.15, 0.2) is 5.11 Å². The molecule has 3 nitrogen and oxygen atoms in total. The maximum Gasteiger partial charge on any atom is 0.170 e. The van der Waals surface area contributed by atoms with Gasteiger partial charge in [-0.05, 0) is 19.3 Å². The van der Waals surface area contributed by atoms with Gasteiger partial charge in [0.1, 0.15) is 0 Å². The van der Waals surface area contributed by atoms with Crippen molar-refractivity contribution < 1.29 is 0 Å². The molecule has 0 fully saturated rings. The first-order valence-electron chi connectivity index (χ1n) is 3.66. The van der Waals surface area contributed by atoms with E-state index in [0.717, 1.165) is 18.2 Å². The number of likely N-dealkylation sites (N-methyl/N-ethyl adjacent to an activating group) is 2. The summed E-state index contributed by atoms with van der Waals surface area (Å²) in [7, 11) is 7.85. The molecule has 0 amide bonds. The third kappa shape index (κ3) is 4.16. The zero-order valence-corrected chi connectivity index (χ0v) is 8.53. The van der Waals surface area contributed by atoms with Crippen molar-refractivity contribution in [2.24, 2.45) is 0 Å². The third-order valence-corrected chi connectivity index (χ3v) is 2.08. The predicted octanol–water partition coefficient (Wildman–Crippen LogP) is -0.0159. The number of thiocarbonyl (C=S) groups is 1. The fourth-order valence-corrected chi connectivity index (χ4v) is 0.808. The minimum atomic E-state index is 0.875. The second-order valence-corrected chi connectivity index (χ2v) is 3.07. The van der Waals surface area contributed by atoms with E-state index in [0.29, 0.717) is 0 Å². The van der Waals surface area contributed by atoms with Crippen LogP contribution in [0.4, 0.5) is 0 Å². The van der Waals surface area contributed by atoms with E-state index in [1.807, 2.05) is 38.0 Å². The molecular weight excluding hydrogens is 158 g/mol. The van der Waals surface area contributed by atoms with Gasteiger partial charge in [0.25, 0.3) is 0 Å². The fraction of sp³-hybridized carbons (Fsp3) is 0.857. The van der Waals surface area contributed by atoms with E-state index in [1.54, 1.807) is 0 Å². The third-order valence-electron chi connectivity index (χ3n) is 1.41. The molecule has 0 aromatic rings. The molecule has 66 valence electrons. The quantitative estimate of drug-likeness (QED) is 0.608. The highest BCUT2D eigenvalue weighted by Crippen LogP contribution is 1.89. The molecule has 0 aromatic heterocycles. The summed E-state index contributed by atoms with van der Waals surface area (Å²) in [6, 6.07) is 0. The summed E-state index contributed by atoms with van der Waals surface area (Å²) in [5, 5.41) is 3.95. The highest BCUT2D eigenvalue weighted by Gasteiger charge is 2.03. The molecule has 0 rings (SSSR count). The Balaban J connectivity index is 3.64. The Bertz CT molecular complexity index is 125. The second-order valence-electron chi connectivity index (χ2n) is 2.70. The van der Waals surface area contributed by atoms with Crippen molar-refractivity contribution in [3.8, 4) is 0 Å². The Morgan fingerprint density at radius 1 is 1.36 bits per heavy atom. The highest BCUT2D eigenvalue weighted by molar-refractivity contribution is 7.80. The molecular formula is C7H17N3S. The zero-order chi connectivity index (χ0) is 8.85. The van der Waals surface area contributed by atoms with Gasteiger partial charge in [0, 0.05) is 34.2 Å². The van der Waals surface area contributed by atoms with Gasteiger partial charge in [-0.2, -0.15) is 0 Å². The molecule has 4 heteroatoms. The van der Waals surface area contributed by atoms with Crippen LogP contribution < -0.4 is 5.32 Å². The SMILES string of the molecule is CNCCN(C)C(=S)N(C)C. The van der Waals surface area contributed by atoms with Crippen molar-refractivity contribution in [3.05, 3.63) is 0 Å². The molecule has 0 aliphatic carbocycles. The Hall–Kier alpha value is -0.350. The molecule has 0 aromatic carbocycles. The molecule has 0 radical (unpaired) electrons. The van der Waals surface area contributed by atoms with Gasteiger partial charge in [-0.3, -0.25) is 0 Å². The minimum absolute atomic E-state index is 0.875. The van der Waals surface area contributed by atoms with Crippen molar-refractivity contribution in [1.29, 1.82) is 0 Å². The van der Waals surface area contributed by atoms with Crippen LogP contribution in [0.2, 0.25) is 0 Å². The van der Waals surface area contributed by atoms with E-state index < -0.39 is 0 Å². The van der Waals surface area contributed by atoms with Crippen LogP contribution >= 0.6 is 12.2 Å². The Labute approximate surface area is 74.4 Å². The van der Waals surface area contributed by atoms with Crippen LogP contribution in [-0.4, -0.2) is 56.2 Å². The van der Waals surface area contributed by atoms with Crippen molar-refractivity contribution in [2.45, 2.75) is 0 Å². The fourth-order valence-electron chi connectivity index (χ4n) is 0.717. The summed E-state index contributed by atoms with van der Waals surface area (Å²) in [5.41, 5.74) is 0. The largest absolute Gasteiger partial charge is 0.355 e. The van der Waals surface area contributed by atoms with Gasteiger partial charge < -0.3 is 15.1 Å². The monoisotopic (exact) mass is 175 g/mol. The lowest BCUT2D eigenvalue weighted by molar-refractivity contribution is 0.435. The topological polar surface area (TPSA) is 18.5 Å². The first-order chi connectivity index (χ1) is 5.09. The number of nitrogens with zero attached hydrogens (tertiary/aromatic N) is 2. The molecule has 0 unspecified atom stereocenters. The standard InChI is InChI=1S/C7H17N3S/c1-8-5-6-10(4)7(11)9(2)3/h8H,5-6H2,1-4H3. The van der Waals surface area contributed by atoms with E-state index in [1.165, 1.54) is 0 Å². The van der Waals surface area contributed by atoms with Crippen LogP contribution in [0.5, 0.6) is 0 Å². The van der Waals surface area contributed by atoms with Crippen LogP contribution in [0.25, 0.3) is 0 Å². The molecule has 0 saturated carbocycles. The lowest BCUT2D eigenvalue weighted by Crippen LogP contribution is -2.39. The van der Waals surface area contributed by atoms with E-state index in [-0.39, 0.29) is 0 Å². The van der Waals surface area contributed by atoms with Crippen LogP contribution in [-0.2, 0) is 0 Å². The summed E-state index contributed by atoms with van der Waals surface area (Å²) < 4.78 is 0. The highest BCUT2D eigenvalue weighted by atomic mass is 32.1. The Kier molecular flexibility index (Phi) is 5.15. The summed E-state index contributed by atoms with van der Waals surface area (Å²) in [6.45, 7) is 1.91. The number of hydrogen-bond acceptors (Lipinski definition) is 2. The summed E-state index contributed by atoms with van der Waals surface area (Å²) >= 11 is 5.14. The Morgan fingerprint density at radius 2 is 1.91 bits per heavy atom. The van der Waals surface area contributed by atoms with Crippen LogP contribution in [0.3, 0.4) is 0 Å². The predicted molar refractivity (Wildman–Crippen MR) is 52.8 cm³/mol. The Morgan fingerprint density at radius 3 is 2.27 bits per heavy atom. The first-order valence-corrected chi connectivity index (χ1v) is 4.07. The van der Waals surface area contributed by atoms with Crippen LogP contribution in [0, 0.1) is 0 Å². The molecule has 0 heterocycles. The second kappa shape index (κ2) is 5.32. The number of nitrogens with one attached hydrogen (secondary N) is 1. The van der Waals surface area contributed by atoms with Gasteiger partial charge >= 0.3 is 0 Å². The molecule has 0 spiro atoms. The van der Waals surface area contributed by atoms with Gasteiger partial charge in [0.2, 0.25) is 0 Å². The molecule has 0 aliphatic heterocycles. The molecule has 11 heavy (non-hydrogen) atoms. The maximum atomic E-state index is 5.14. The van der Waals surface area contributed by atoms with Crippen molar-refractivity contribution in [1.82, 2.24) is 15.1 Å². The first kappa shape index (κ1) is 10.7. The number of hydrogen-bond donors (Lipinski definition) is 1. The zero-order valence-electron chi connectivity index (χ0n) is 7.72. The average molecular weight is 175 g/mol. The maximum absolute atomic E-state index is 5.14. The van der Waals surface area contributed by atoms with E-state index >= 15 is 0 Å². The summed E-state index contributed by atoms with van der Waals surface area (Å²) in [5.74, 6) is 0. The normalized spacial score (nSPS) is 9.45. The van der Waals surface area contributed by atoms with E-state index in [2.05, 4.69) is 5.32 Å². The molecule has 0 bridgehead atoms. The van der Waals surface area contributed by atoms with Crippen LogP contribution in [0.1, 0.15) is 0 Å². The lowest BCUT2D eigenvalue weighted by atomic mass is 10.5. The van der Waals surface area contributed by atoms with Crippen molar-refractivity contribution in [3.63, 3.8) is 0 Å². The summed E-state index contributed by atoms with van der Waals surface area (Å²) in [6.07, 6.45) is 0. The summed E-state index contributed by atoms with van der Waals surface area (Å²) in [4.78, 5) is 3.98.